The molecular formula is C31H40N4O3. The van der Waals surface area contributed by atoms with E-state index in [1.54, 1.807) is 0 Å². The number of hydrogen-bond acceptors (Lipinski definition) is 5. The Labute approximate surface area is 225 Å². The second-order valence-corrected chi connectivity index (χ2v) is 11.2. The van der Waals surface area contributed by atoms with Crippen molar-refractivity contribution >= 4 is 28.4 Å². The third-order valence-corrected chi connectivity index (χ3v) is 8.52. The van der Waals surface area contributed by atoms with Gasteiger partial charge in [-0.3, -0.25) is 5.32 Å². The van der Waals surface area contributed by atoms with Crippen molar-refractivity contribution in [1.29, 1.82) is 0 Å². The fourth-order valence-electron chi connectivity index (χ4n) is 5.86. The Hall–Kier alpha value is -3.19. The number of nitrogen functional groups attached to an aromatic ring is 1. The zero-order valence-electron chi connectivity index (χ0n) is 22.3. The number of fused-ring (bicyclic) bond motifs is 1. The highest BCUT2D eigenvalue weighted by Gasteiger charge is 2.27. The number of rotatable bonds is 10. The van der Waals surface area contributed by atoms with E-state index < -0.39 is 0 Å². The number of anilines is 2. The first-order chi connectivity index (χ1) is 18.7. The molecule has 38 heavy (non-hydrogen) atoms. The molecule has 3 aliphatic rings. The van der Waals surface area contributed by atoms with Gasteiger partial charge in [-0.05, 0) is 108 Å². The van der Waals surface area contributed by atoms with E-state index in [0.717, 1.165) is 84.4 Å². The summed E-state index contributed by atoms with van der Waals surface area (Å²) in [7, 11) is 0. The van der Waals surface area contributed by atoms with Crippen molar-refractivity contribution in [3.63, 3.8) is 0 Å². The highest BCUT2D eigenvalue weighted by Crippen LogP contribution is 2.45. The molecule has 1 aromatic heterocycles. The number of unbranched alkanes of at least 4 members (excludes halogenated alkanes) is 1. The van der Waals surface area contributed by atoms with E-state index in [1.165, 1.54) is 45.3 Å². The van der Waals surface area contributed by atoms with Gasteiger partial charge in [0.15, 0.2) is 0 Å². The van der Waals surface area contributed by atoms with Crippen LogP contribution in [0.4, 0.5) is 16.2 Å². The van der Waals surface area contributed by atoms with Crippen molar-refractivity contribution in [2.45, 2.75) is 76.4 Å². The number of carbonyl (C=O) groups excluding carboxylic acids is 1. The standard InChI is InChI=1S/C31H40N4O3/c32-29-27-16-15-26(37-20-4-3-19-34-17-1-2-18-34)21-28(27)35(24-7-5-8-24)30(29)22-11-13-23(14-12-22)33-31(36)38-25-9-6-10-25/h11-16,21,24-25H,1-10,17-20,32H2,(H,33,36). The maximum absolute atomic E-state index is 12.2. The molecule has 0 unspecified atom stereocenters. The van der Waals surface area contributed by atoms with Crippen LogP contribution in [0.25, 0.3) is 22.2 Å². The molecule has 6 rings (SSSR count). The van der Waals surface area contributed by atoms with Crippen molar-refractivity contribution in [3.8, 4) is 17.0 Å². The number of amides is 1. The van der Waals surface area contributed by atoms with Gasteiger partial charge in [0, 0.05) is 28.7 Å². The Morgan fingerprint density at radius 2 is 1.71 bits per heavy atom. The molecule has 3 aromatic rings. The maximum Gasteiger partial charge on any atom is 0.411 e. The maximum atomic E-state index is 12.2. The summed E-state index contributed by atoms with van der Waals surface area (Å²) < 4.78 is 14.0. The van der Waals surface area contributed by atoms with E-state index >= 15 is 0 Å². The third kappa shape index (κ3) is 5.35. The monoisotopic (exact) mass is 516 g/mol. The van der Waals surface area contributed by atoms with Gasteiger partial charge in [0.1, 0.15) is 11.9 Å². The van der Waals surface area contributed by atoms with Crippen molar-refractivity contribution in [2.75, 3.05) is 37.3 Å². The van der Waals surface area contributed by atoms with Gasteiger partial charge >= 0.3 is 6.09 Å². The van der Waals surface area contributed by atoms with Crippen LogP contribution in [-0.4, -0.2) is 47.9 Å². The number of nitrogens with two attached hydrogens (primary N) is 1. The Morgan fingerprint density at radius 1 is 0.947 bits per heavy atom. The minimum Gasteiger partial charge on any atom is -0.494 e. The van der Waals surface area contributed by atoms with Crippen molar-refractivity contribution in [3.05, 3.63) is 42.5 Å². The molecule has 3 fully saturated rings. The van der Waals surface area contributed by atoms with Crippen LogP contribution < -0.4 is 15.8 Å². The molecule has 2 aliphatic carbocycles. The van der Waals surface area contributed by atoms with Gasteiger partial charge in [-0.2, -0.15) is 0 Å². The van der Waals surface area contributed by atoms with E-state index in [1.807, 2.05) is 24.3 Å². The molecule has 202 valence electrons. The minimum absolute atomic E-state index is 0.0658. The van der Waals surface area contributed by atoms with E-state index in [-0.39, 0.29) is 12.2 Å². The van der Waals surface area contributed by atoms with Crippen LogP contribution in [-0.2, 0) is 4.74 Å². The predicted molar refractivity (Wildman–Crippen MR) is 153 cm³/mol. The summed E-state index contributed by atoms with van der Waals surface area (Å²) in [6, 6.07) is 14.7. The summed E-state index contributed by atoms with van der Waals surface area (Å²) >= 11 is 0. The Balaban J connectivity index is 1.17. The lowest BCUT2D eigenvalue weighted by molar-refractivity contribution is 0.0624. The average Bonchev–Trinajstić information content (AvgIpc) is 3.48. The largest absolute Gasteiger partial charge is 0.494 e. The summed E-state index contributed by atoms with van der Waals surface area (Å²) in [5.41, 5.74) is 11.5. The molecule has 2 heterocycles. The summed E-state index contributed by atoms with van der Waals surface area (Å²) in [4.78, 5) is 14.7. The Morgan fingerprint density at radius 3 is 2.39 bits per heavy atom. The summed E-state index contributed by atoms with van der Waals surface area (Å²) in [5.74, 6) is 0.910. The van der Waals surface area contributed by atoms with Crippen LogP contribution in [0.1, 0.15) is 70.3 Å². The lowest BCUT2D eigenvalue weighted by Crippen LogP contribution is -2.27. The smallest absolute Gasteiger partial charge is 0.411 e. The number of nitrogens with one attached hydrogen (secondary N) is 1. The van der Waals surface area contributed by atoms with Crippen molar-refractivity contribution in [2.24, 2.45) is 0 Å². The van der Waals surface area contributed by atoms with Gasteiger partial charge in [0.2, 0.25) is 0 Å². The highest BCUT2D eigenvalue weighted by atomic mass is 16.6. The van der Waals surface area contributed by atoms with Crippen molar-refractivity contribution < 1.29 is 14.3 Å². The minimum atomic E-state index is -0.380. The summed E-state index contributed by atoms with van der Waals surface area (Å²) in [6.45, 7) is 4.43. The van der Waals surface area contributed by atoms with Crippen LogP contribution in [0.3, 0.4) is 0 Å². The molecular weight excluding hydrogens is 476 g/mol. The SMILES string of the molecule is Nc1c(-c2ccc(NC(=O)OC3CCC3)cc2)n(C2CCC2)c2cc(OCCCCN3CCCC3)ccc12. The molecule has 0 bridgehead atoms. The average molecular weight is 517 g/mol. The van der Waals surface area contributed by atoms with Crippen LogP contribution in [0, 0.1) is 0 Å². The summed E-state index contributed by atoms with van der Waals surface area (Å²) in [5, 5.41) is 3.92. The first kappa shape index (κ1) is 25.1. The van der Waals surface area contributed by atoms with E-state index in [2.05, 4.69) is 33.0 Å². The second-order valence-electron chi connectivity index (χ2n) is 11.2. The van der Waals surface area contributed by atoms with Crippen LogP contribution in [0.2, 0.25) is 0 Å². The van der Waals surface area contributed by atoms with Gasteiger partial charge in [0.25, 0.3) is 0 Å². The molecule has 2 saturated carbocycles. The lowest BCUT2D eigenvalue weighted by Gasteiger charge is -2.30. The first-order valence-electron chi connectivity index (χ1n) is 14.5. The molecule has 2 aromatic carbocycles. The Kier molecular flexibility index (Phi) is 7.45. The first-order valence-corrected chi connectivity index (χ1v) is 14.5. The van der Waals surface area contributed by atoms with Gasteiger partial charge in [-0.1, -0.05) is 12.1 Å². The van der Waals surface area contributed by atoms with Crippen LogP contribution >= 0.6 is 0 Å². The van der Waals surface area contributed by atoms with Gasteiger partial charge < -0.3 is 24.7 Å². The number of nitrogens with zero attached hydrogens (tertiary/aromatic N) is 2. The lowest BCUT2D eigenvalue weighted by atomic mass is 9.92. The van der Waals surface area contributed by atoms with Crippen molar-refractivity contribution in [1.82, 2.24) is 9.47 Å². The second kappa shape index (κ2) is 11.3. The number of benzene rings is 2. The number of aromatic nitrogens is 1. The zero-order valence-corrected chi connectivity index (χ0v) is 22.3. The highest BCUT2D eigenvalue weighted by molar-refractivity contribution is 6.01. The Bertz CT molecular complexity index is 1250. The number of carbonyl (C=O) groups is 1. The number of hydrogen-bond donors (Lipinski definition) is 2. The van der Waals surface area contributed by atoms with E-state index in [4.69, 9.17) is 15.2 Å². The molecule has 1 amide bonds. The van der Waals surface area contributed by atoms with Gasteiger partial charge in [0.05, 0.1) is 23.5 Å². The molecule has 7 nitrogen and oxygen atoms in total. The number of ether oxygens (including phenoxy) is 2. The molecule has 7 heteroatoms. The van der Waals surface area contributed by atoms with Crippen LogP contribution in [0.15, 0.2) is 42.5 Å². The topological polar surface area (TPSA) is 81.8 Å². The molecule has 0 spiro atoms. The molecule has 1 aliphatic heterocycles. The van der Waals surface area contributed by atoms with Crippen LogP contribution in [0.5, 0.6) is 5.75 Å². The summed E-state index contributed by atoms with van der Waals surface area (Å²) in [6.07, 6.45) is 11.2. The quantitative estimate of drug-likeness (QED) is 0.284. The predicted octanol–water partition coefficient (Wildman–Crippen LogP) is 6.97. The number of likely N-dealkylation sites (tertiary alicyclic amines) is 1. The van der Waals surface area contributed by atoms with E-state index in [0.29, 0.717) is 6.04 Å². The van der Waals surface area contributed by atoms with E-state index in [9.17, 15) is 4.79 Å². The molecule has 3 N–H and O–H groups in total. The van der Waals surface area contributed by atoms with Gasteiger partial charge in [-0.25, -0.2) is 4.79 Å². The molecule has 0 radical (unpaired) electrons. The third-order valence-electron chi connectivity index (χ3n) is 8.52. The van der Waals surface area contributed by atoms with Gasteiger partial charge in [-0.15, -0.1) is 0 Å². The molecule has 1 saturated heterocycles. The zero-order chi connectivity index (χ0) is 25.9. The fraction of sp³-hybridized carbons (Fsp3) is 0.516. The fourth-order valence-corrected chi connectivity index (χ4v) is 5.86. The normalized spacial score (nSPS) is 18.3. The molecule has 0 atom stereocenters.